The van der Waals surface area contributed by atoms with Crippen molar-refractivity contribution in [3.63, 3.8) is 0 Å². The van der Waals surface area contributed by atoms with Crippen molar-refractivity contribution in [2.45, 2.75) is 24.8 Å². The lowest BCUT2D eigenvalue weighted by Crippen LogP contribution is -2.22. The summed E-state index contributed by atoms with van der Waals surface area (Å²) in [5.41, 5.74) is 2.49. The van der Waals surface area contributed by atoms with Crippen molar-refractivity contribution in [3.8, 4) is 5.69 Å². The quantitative estimate of drug-likeness (QED) is 0.655. The van der Waals surface area contributed by atoms with E-state index in [1.165, 1.54) is 10.1 Å². The SMILES string of the molecule is CC(C)c1ccc(NC(=O)CSc2nccn(-c3ccccc3)c2=O)cc1. The van der Waals surface area contributed by atoms with Gasteiger partial charge in [0.1, 0.15) is 0 Å². The summed E-state index contributed by atoms with van der Waals surface area (Å²) >= 11 is 1.13. The first kappa shape index (κ1) is 18.9. The Kier molecular flexibility index (Phi) is 6.08. The maximum absolute atomic E-state index is 12.6. The van der Waals surface area contributed by atoms with Crippen molar-refractivity contribution in [2.75, 3.05) is 11.1 Å². The average Bonchev–Trinajstić information content (AvgIpc) is 2.68. The standard InChI is InChI=1S/C21H21N3O2S/c1-15(2)16-8-10-17(11-9-16)23-19(25)14-27-20-21(26)24(13-12-22-20)18-6-4-3-5-7-18/h3-13,15H,14H2,1-2H3,(H,23,25). The van der Waals surface area contributed by atoms with Crippen LogP contribution in [-0.4, -0.2) is 21.2 Å². The minimum atomic E-state index is -0.234. The summed E-state index contributed by atoms with van der Waals surface area (Å²) in [5, 5.41) is 3.15. The number of hydrogen-bond donors (Lipinski definition) is 1. The van der Waals surface area contributed by atoms with E-state index in [9.17, 15) is 9.59 Å². The molecule has 1 heterocycles. The third kappa shape index (κ3) is 4.86. The number of nitrogens with one attached hydrogen (secondary N) is 1. The molecule has 0 aliphatic carbocycles. The average molecular weight is 379 g/mol. The lowest BCUT2D eigenvalue weighted by molar-refractivity contribution is -0.113. The van der Waals surface area contributed by atoms with Crippen LogP contribution >= 0.6 is 11.8 Å². The van der Waals surface area contributed by atoms with Crippen LogP contribution in [0.15, 0.2) is 76.8 Å². The normalized spacial score (nSPS) is 10.8. The Morgan fingerprint density at radius 1 is 1.11 bits per heavy atom. The zero-order valence-electron chi connectivity index (χ0n) is 15.3. The van der Waals surface area contributed by atoms with Gasteiger partial charge in [0.05, 0.1) is 5.75 Å². The Morgan fingerprint density at radius 3 is 2.48 bits per heavy atom. The summed E-state index contributed by atoms with van der Waals surface area (Å²) in [6.07, 6.45) is 3.19. The fraction of sp³-hybridized carbons (Fsp3) is 0.190. The monoisotopic (exact) mass is 379 g/mol. The number of hydrogen-bond acceptors (Lipinski definition) is 4. The molecular weight excluding hydrogens is 358 g/mol. The van der Waals surface area contributed by atoms with Crippen LogP contribution in [0.4, 0.5) is 5.69 Å². The number of thioether (sulfide) groups is 1. The highest BCUT2D eigenvalue weighted by molar-refractivity contribution is 7.99. The molecule has 27 heavy (non-hydrogen) atoms. The van der Waals surface area contributed by atoms with Crippen LogP contribution in [0.2, 0.25) is 0 Å². The first-order chi connectivity index (χ1) is 13.0. The molecule has 5 nitrogen and oxygen atoms in total. The van der Waals surface area contributed by atoms with Crippen molar-refractivity contribution in [3.05, 3.63) is 82.9 Å². The lowest BCUT2D eigenvalue weighted by atomic mass is 10.0. The zero-order chi connectivity index (χ0) is 19.2. The van der Waals surface area contributed by atoms with Crippen molar-refractivity contribution in [1.82, 2.24) is 9.55 Å². The minimum absolute atomic E-state index is 0.118. The molecule has 0 radical (unpaired) electrons. The summed E-state index contributed by atoms with van der Waals surface area (Å²) in [6.45, 7) is 4.25. The number of carbonyl (C=O) groups is 1. The number of rotatable bonds is 6. The Balaban J connectivity index is 1.65. The number of carbonyl (C=O) groups excluding carboxylic acids is 1. The smallest absolute Gasteiger partial charge is 0.287 e. The van der Waals surface area contributed by atoms with E-state index in [0.717, 1.165) is 23.1 Å². The van der Waals surface area contributed by atoms with E-state index in [0.29, 0.717) is 10.9 Å². The maximum Gasteiger partial charge on any atom is 0.287 e. The van der Waals surface area contributed by atoms with Crippen LogP contribution < -0.4 is 10.9 Å². The molecular formula is C21H21N3O2S. The third-order valence-corrected chi connectivity index (χ3v) is 5.00. The number of anilines is 1. The van der Waals surface area contributed by atoms with Crippen LogP contribution in [0.1, 0.15) is 25.3 Å². The third-order valence-electron chi connectivity index (χ3n) is 4.04. The molecule has 138 valence electrons. The molecule has 1 amide bonds. The second-order valence-electron chi connectivity index (χ2n) is 6.36. The van der Waals surface area contributed by atoms with E-state index in [4.69, 9.17) is 0 Å². The second-order valence-corrected chi connectivity index (χ2v) is 7.32. The van der Waals surface area contributed by atoms with Gasteiger partial charge in [-0.05, 0) is 35.7 Å². The Bertz CT molecular complexity index is 967. The lowest BCUT2D eigenvalue weighted by Gasteiger charge is -2.09. The fourth-order valence-electron chi connectivity index (χ4n) is 2.57. The van der Waals surface area contributed by atoms with Gasteiger partial charge in [0.2, 0.25) is 5.91 Å². The van der Waals surface area contributed by atoms with Gasteiger partial charge in [0, 0.05) is 23.8 Å². The minimum Gasteiger partial charge on any atom is -0.325 e. The topological polar surface area (TPSA) is 64.0 Å². The number of aromatic nitrogens is 2. The molecule has 0 aliphatic rings. The van der Waals surface area contributed by atoms with Crippen LogP contribution in [0, 0.1) is 0 Å². The molecule has 0 fully saturated rings. The van der Waals surface area contributed by atoms with Gasteiger partial charge in [0.15, 0.2) is 5.03 Å². The predicted octanol–water partition coefficient (Wildman–Crippen LogP) is 4.09. The highest BCUT2D eigenvalue weighted by Crippen LogP contribution is 2.18. The second kappa shape index (κ2) is 8.68. The predicted molar refractivity (Wildman–Crippen MR) is 110 cm³/mol. The van der Waals surface area contributed by atoms with E-state index >= 15 is 0 Å². The molecule has 6 heteroatoms. The Hall–Kier alpha value is -2.86. The molecule has 1 aromatic heterocycles. The Morgan fingerprint density at radius 2 is 1.81 bits per heavy atom. The number of amides is 1. The van der Waals surface area contributed by atoms with E-state index in [1.54, 1.807) is 12.4 Å². The van der Waals surface area contributed by atoms with E-state index < -0.39 is 0 Å². The molecule has 1 N–H and O–H groups in total. The summed E-state index contributed by atoms with van der Waals surface area (Å²) in [7, 11) is 0. The van der Waals surface area contributed by atoms with Gasteiger partial charge in [-0.3, -0.25) is 14.2 Å². The summed E-state index contributed by atoms with van der Waals surface area (Å²) < 4.78 is 1.53. The van der Waals surface area contributed by atoms with Crippen molar-refractivity contribution >= 4 is 23.4 Å². The van der Waals surface area contributed by atoms with Gasteiger partial charge in [-0.2, -0.15) is 0 Å². The highest BCUT2D eigenvalue weighted by atomic mass is 32.2. The van der Waals surface area contributed by atoms with Gasteiger partial charge in [-0.25, -0.2) is 4.98 Å². The molecule has 0 unspecified atom stereocenters. The van der Waals surface area contributed by atoms with Gasteiger partial charge in [0.25, 0.3) is 5.56 Å². The Labute approximate surface area is 162 Å². The highest BCUT2D eigenvalue weighted by Gasteiger charge is 2.10. The fourth-order valence-corrected chi connectivity index (χ4v) is 3.26. The van der Waals surface area contributed by atoms with Crippen LogP contribution in [-0.2, 0) is 4.79 Å². The summed E-state index contributed by atoms with van der Waals surface area (Å²) in [6, 6.07) is 17.1. The molecule has 0 spiro atoms. The largest absolute Gasteiger partial charge is 0.325 e. The van der Waals surface area contributed by atoms with E-state index in [-0.39, 0.29) is 17.2 Å². The molecule has 3 aromatic rings. The van der Waals surface area contributed by atoms with Gasteiger partial charge in [-0.1, -0.05) is 55.9 Å². The zero-order valence-corrected chi connectivity index (χ0v) is 16.1. The first-order valence-corrected chi connectivity index (χ1v) is 9.69. The van der Waals surface area contributed by atoms with Crippen molar-refractivity contribution in [2.24, 2.45) is 0 Å². The van der Waals surface area contributed by atoms with E-state index in [1.807, 2.05) is 54.6 Å². The molecule has 0 saturated carbocycles. The number of nitrogens with zero attached hydrogens (tertiary/aromatic N) is 2. The molecule has 0 saturated heterocycles. The molecule has 0 atom stereocenters. The van der Waals surface area contributed by atoms with Gasteiger partial charge < -0.3 is 5.32 Å². The maximum atomic E-state index is 12.6. The molecule has 2 aromatic carbocycles. The molecule has 0 bridgehead atoms. The van der Waals surface area contributed by atoms with E-state index in [2.05, 4.69) is 24.1 Å². The van der Waals surface area contributed by atoms with Crippen molar-refractivity contribution in [1.29, 1.82) is 0 Å². The van der Waals surface area contributed by atoms with Crippen LogP contribution in [0.5, 0.6) is 0 Å². The number of para-hydroxylation sites is 1. The molecule has 0 aliphatic heterocycles. The van der Waals surface area contributed by atoms with Crippen LogP contribution in [0.25, 0.3) is 5.69 Å². The summed E-state index contributed by atoms with van der Waals surface area (Å²) in [5.74, 6) is 0.391. The van der Waals surface area contributed by atoms with Gasteiger partial charge >= 0.3 is 0 Å². The summed E-state index contributed by atoms with van der Waals surface area (Å²) in [4.78, 5) is 28.9. The first-order valence-electron chi connectivity index (χ1n) is 8.70. The van der Waals surface area contributed by atoms with Gasteiger partial charge in [-0.15, -0.1) is 0 Å². The van der Waals surface area contributed by atoms with Crippen molar-refractivity contribution < 1.29 is 4.79 Å². The number of benzene rings is 2. The molecule has 3 rings (SSSR count). The van der Waals surface area contributed by atoms with Crippen LogP contribution in [0.3, 0.4) is 0 Å².